The highest BCUT2D eigenvalue weighted by molar-refractivity contribution is 6.16. The zero-order valence-electron chi connectivity index (χ0n) is 9.63. The van der Waals surface area contributed by atoms with Gasteiger partial charge in [-0.3, -0.25) is 5.10 Å². The van der Waals surface area contributed by atoms with Crippen LogP contribution < -0.4 is 0 Å². The fourth-order valence-corrected chi connectivity index (χ4v) is 2.50. The normalized spacial score (nSPS) is 20.6. The van der Waals surface area contributed by atoms with Crippen molar-refractivity contribution in [2.45, 2.75) is 50.0 Å². The second-order valence-electron chi connectivity index (χ2n) is 4.35. The van der Waals surface area contributed by atoms with Crippen molar-refractivity contribution >= 4 is 11.6 Å². The van der Waals surface area contributed by atoms with Crippen LogP contribution in [0.25, 0.3) is 0 Å². The fraction of sp³-hybridized carbons (Fsp3) is 0.818. The van der Waals surface area contributed by atoms with Gasteiger partial charge in [0.1, 0.15) is 11.4 Å². The maximum atomic E-state index is 5.73. The van der Waals surface area contributed by atoms with Gasteiger partial charge in [0.15, 0.2) is 5.82 Å². The van der Waals surface area contributed by atoms with E-state index in [0.717, 1.165) is 24.5 Å². The number of rotatable bonds is 3. The van der Waals surface area contributed by atoms with Gasteiger partial charge in [0.05, 0.1) is 5.88 Å². The lowest BCUT2D eigenvalue weighted by atomic mass is 9.93. The van der Waals surface area contributed by atoms with Gasteiger partial charge in [0, 0.05) is 7.11 Å². The van der Waals surface area contributed by atoms with Crippen molar-refractivity contribution in [2.24, 2.45) is 0 Å². The van der Waals surface area contributed by atoms with Crippen molar-refractivity contribution in [3.8, 4) is 0 Å². The molecule has 0 aromatic carbocycles. The standard InChI is InChI=1S/C11H18ClN3O/c1-16-11(6-4-2-3-5-7-11)10-13-9(8-12)14-15-10/h2-8H2,1H3,(H,13,14,15). The van der Waals surface area contributed by atoms with Crippen LogP contribution in [-0.4, -0.2) is 22.3 Å². The average molecular weight is 244 g/mol. The van der Waals surface area contributed by atoms with Crippen molar-refractivity contribution in [1.82, 2.24) is 15.2 Å². The van der Waals surface area contributed by atoms with E-state index in [2.05, 4.69) is 15.2 Å². The number of H-pyrrole nitrogens is 1. The predicted octanol–water partition coefficient (Wildman–Crippen LogP) is 2.74. The Morgan fingerprint density at radius 2 is 2.00 bits per heavy atom. The molecule has 0 bridgehead atoms. The summed E-state index contributed by atoms with van der Waals surface area (Å²) in [6, 6.07) is 0. The Balaban J connectivity index is 2.24. The average Bonchev–Trinajstić information content (AvgIpc) is 2.68. The summed E-state index contributed by atoms with van der Waals surface area (Å²) in [6.07, 6.45) is 6.92. The van der Waals surface area contributed by atoms with Crippen LogP contribution in [0.5, 0.6) is 0 Å². The van der Waals surface area contributed by atoms with Crippen LogP contribution in [0, 0.1) is 0 Å². The number of halogens is 1. The van der Waals surface area contributed by atoms with Crippen molar-refractivity contribution < 1.29 is 4.74 Å². The molecule has 2 rings (SSSR count). The van der Waals surface area contributed by atoms with Gasteiger partial charge in [-0.25, -0.2) is 4.98 Å². The smallest absolute Gasteiger partial charge is 0.182 e. The van der Waals surface area contributed by atoms with Crippen LogP contribution in [0.1, 0.15) is 50.2 Å². The van der Waals surface area contributed by atoms with Gasteiger partial charge in [0.25, 0.3) is 0 Å². The zero-order valence-corrected chi connectivity index (χ0v) is 10.4. The first-order valence-electron chi connectivity index (χ1n) is 5.83. The van der Waals surface area contributed by atoms with Gasteiger partial charge < -0.3 is 4.74 Å². The summed E-state index contributed by atoms with van der Waals surface area (Å²) in [4.78, 5) is 4.41. The Bertz CT molecular complexity index is 332. The summed E-state index contributed by atoms with van der Waals surface area (Å²) in [5.41, 5.74) is -0.294. The molecule has 1 aliphatic rings. The number of nitrogens with one attached hydrogen (secondary N) is 1. The van der Waals surface area contributed by atoms with E-state index < -0.39 is 0 Å². The lowest BCUT2D eigenvalue weighted by Crippen LogP contribution is -2.29. The van der Waals surface area contributed by atoms with E-state index in [1.807, 2.05) is 0 Å². The molecular weight excluding hydrogens is 226 g/mol. The number of aromatic nitrogens is 3. The Morgan fingerprint density at radius 1 is 1.31 bits per heavy atom. The Morgan fingerprint density at radius 3 is 2.50 bits per heavy atom. The highest BCUT2D eigenvalue weighted by atomic mass is 35.5. The van der Waals surface area contributed by atoms with E-state index in [4.69, 9.17) is 16.3 Å². The van der Waals surface area contributed by atoms with E-state index in [0.29, 0.717) is 5.88 Å². The molecule has 0 saturated heterocycles. The molecule has 1 N–H and O–H groups in total. The monoisotopic (exact) mass is 243 g/mol. The van der Waals surface area contributed by atoms with Crippen LogP contribution >= 0.6 is 11.6 Å². The van der Waals surface area contributed by atoms with Crippen LogP contribution in [0.2, 0.25) is 0 Å². The summed E-state index contributed by atoms with van der Waals surface area (Å²) in [5.74, 6) is 1.86. The first-order chi connectivity index (χ1) is 7.80. The number of nitrogens with zero attached hydrogens (tertiary/aromatic N) is 2. The highest BCUT2D eigenvalue weighted by Crippen LogP contribution is 2.37. The minimum Gasteiger partial charge on any atom is -0.370 e. The summed E-state index contributed by atoms with van der Waals surface area (Å²) < 4.78 is 5.71. The minimum absolute atomic E-state index is 0.294. The molecule has 1 heterocycles. The van der Waals surface area contributed by atoms with Crippen LogP contribution in [0.15, 0.2) is 0 Å². The summed E-state index contributed by atoms with van der Waals surface area (Å²) >= 11 is 5.73. The molecule has 1 aromatic rings. The maximum Gasteiger partial charge on any atom is 0.182 e. The maximum absolute atomic E-state index is 5.73. The largest absolute Gasteiger partial charge is 0.370 e. The van der Waals surface area contributed by atoms with Gasteiger partial charge in [-0.2, -0.15) is 5.10 Å². The first kappa shape index (κ1) is 11.9. The lowest BCUT2D eigenvalue weighted by molar-refractivity contribution is -0.0349. The molecule has 1 aliphatic carbocycles. The van der Waals surface area contributed by atoms with Gasteiger partial charge in [-0.15, -0.1) is 11.6 Å². The molecule has 16 heavy (non-hydrogen) atoms. The number of ether oxygens (including phenoxy) is 1. The SMILES string of the molecule is COC1(c2n[nH]c(CCl)n2)CCCCCC1. The Hall–Kier alpha value is -0.610. The van der Waals surface area contributed by atoms with Gasteiger partial charge in [0.2, 0.25) is 0 Å². The van der Waals surface area contributed by atoms with Crippen LogP contribution in [0.4, 0.5) is 0 Å². The molecule has 0 spiro atoms. The molecule has 5 heteroatoms. The predicted molar refractivity (Wildman–Crippen MR) is 62.3 cm³/mol. The highest BCUT2D eigenvalue weighted by Gasteiger charge is 2.36. The number of hydrogen-bond donors (Lipinski definition) is 1. The quantitative estimate of drug-likeness (QED) is 0.656. The van der Waals surface area contributed by atoms with E-state index in [-0.39, 0.29) is 5.60 Å². The van der Waals surface area contributed by atoms with Gasteiger partial charge in [-0.1, -0.05) is 25.7 Å². The molecular formula is C11H18ClN3O. The van der Waals surface area contributed by atoms with Crippen molar-refractivity contribution in [2.75, 3.05) is 7.11 Å². The molecule has 1 fully saturated rings. The van der Waals surface area contributed by atoms with E-state index in [9.17, 15) is 0 Å². The third-order valence-corrected chi connectivity index (χ3v) is 3.62. The topological polar surface area (TPSA) is 50.8 Å². The Labute approximate surface area is 101 Å². The summed E-state index contributed by atoms with van der Waals surface area (Å²) in [7, 11) is 1.75. The van der Waals surface area contributed by atoms with Crippen LogP contribution in [-0.2, 0) is 16.2 Å². The van der Waals surface area contributed by atoms with Crippen molar-refractivity contribution in [3.63, 3.8) is 0 Å². The lowest BCUT2D eigenvalue weighted by Gasteiger charge is -2.27. The summed E-state index contributed by atoms with van der Waals surface area (Å²) in [5, 5.41) is 7.11. The summed E-state index contributed by atoms with van der Waals surface area (Å²) in [6.45, 7) is 0. The first-order valence-corrected chi connectivity index (χ1v) is 6.37. The minimum atomic E-state index is -0.294. The zero-order chi connectivity index (χ0) is 11.4. The third-order valence-electron chi connectivity index (χ3n) is 3.37. The third kappa shape index (κ3) is 2.23. The van der Waals surface area contributed by atoms with Crippen molar-refractivity contribution in [3.05, 3.63) is 11.6 Å². The number of alkyl halides is 1. The molecule has 90 valence electrons. The molecule has 0 amide bonds. The van der Waals surface area contributed by atoms with Crippen molar-refractivity contribution in [1.29, 1.82) is 0 Å². The van der Waals surface area contributed by atoms with E-state index in [1.165, 1.54) is 25.7 Å². The second kappa shape index (κ2) is 5.15. The number of aromatic amines is 1. The van der Waals surface area contributed by atoms with E-state index in [1.54, 1.807) is 7.11 Å². The fourth-order valence-electron chi connectivity index (χ4n) is 2.38. The van der Waals surface area contributed by atoms with Crippen LogP contribution in [0.3, 0.4) is 0 Å². The molecule has 0 unspecified atom stereocenters. The van der Waals surface area contributed by atoms with E-state index >= 15 is 0 Å². The molecule has 0 radical (unpaired) electrons. The van der Waals surface area contributed by atoms with Gasteiger partial charge in [-0.05, 0) is 12.8 Å². The Kier molecular flexibility index (Phi) is 3.82. The number of hydrogen-bond acceptors (Lipinski definition) is 3. The second-order valence-corrected chi connectivity index (χ2v) is 4.62. The molecule has 1 aromatic heterocycles. The molecule has 4 nitrogen and oxygen atoms in total. The number of methoxy groups -OCH3 is 1. The molecule has 1 saturated carbocycles. The molecule has 0 aliphatic heterocycles. The molecule has 0 atom stereocenters. The van der Waals surface area contributed by atoms with Gasteiger partial charge >= 0.3 is 0 Å².